The van der Waals surface area contributed by atoms with E-state index in [1.165, 1.54) is 11.1 Å². The molecule has 0 bridgehead atoms. The number of hydrogen-bond donors (Lipinski definition) is 2. The fourth-order valence-corrected chi connectivity index (χ4v) is 3.26. The maximum Gasteiger partial charge on any atom is 0.315 e. The maximum absolute atomic E-state index is 12.1. The number of nitrogens with zero attached hydrogens (tertiary/aromatic N) is 3. The molecule has 0 unspecified atom stereocenters. The second kappa shape index (κ2) is 8.67. The van der Waals surface area contributed by atoms with Crippen molar-refractivity contribution in [1.82, 2.24) is 25.4 Å². The minimum absolute atomic E-state index is 0.235. The summed E-state index contributed by atoms with van der Waals surface area (Å²) in [4.78, 5) is 16.3. The lowest BCUT2D eigenvalue weighted by molar-refractivity contribution is 0.0411. The fourth-order valence-electron chi connectivity index (χ4n) is 3.26. The molecule has 7 heteroatoms. The number of ether oxygens (including phenoxy) is 1. The van der Waals surface area contributed by atoms with Crippen LogP contribution >= 0.6 is 0 Å². The van der Waals surface area contributed by atoms with Crippen LogP contribution in [-0.2, 0) is 24.2 Å². The number of urea groups is 1. The Kier molecular flexibility index (Phi) is 5.63. The molecule has 1 aliphatic heterocycles. The Morgan fingerprint density at radius 3 is 2.82 bits per heavy atom. The van der Waals surface area contributed by atoms with Crippen molar-refractivity contribution in [2.24, 2.45) is 0 Å². The summed E-state index contributed by atoms with van der Waals surface area (Å²) in [6.45, 7) is 2.11. The smallest absolute Gasteiger partial charge is 0.315 e. The summed E-state index contributed by atoms with van der Waals surface area (Å²) < 4.78 is 7.80. The lowest BCUT2D eigenvalue weighted by Gasteiger charge is -2.22. The number of nitrogens with one attached hydrogen (secondary N) is 2. The van der Waals surface area contributed by atoms with E-state index in [9.17, 15) is 4.79 Å². The van der Waals surface area contributed by atoms with E-state index in [4.69, 9.17) is 9.84 Å². The average molecular weight is 377 g/mol. The van der Waals surface area contributed by atoms with E-state index in [2.05, 4.69) is 33.9 Å². The van der Waals surface area contributed by atoms with E-state index < -0.39 is 0 Å². The van der Waals surface area contributed by atoms with Crippen LogP contribution in [0.4, 0.5) is 4.79 Å². The number of amides is 2. The number of benzene rings is 1. The van der Waals surface area contributed by atoms with Crippen molar-refractivity contribution < 1.29 is 9.53 Å². The van der Waals surface area contributed by atoms with Crippen LogP contribution in [0.2, 0.25) is 0 Å². The van der Waals surface area contributed by atoms with Crippen molar-refractivity contribution in [3.63, 3.8) is 0 Å². The summed E-state index contributed by atoms with van der Waals surface area (Å²) in [5.41, 5.74) is 4.11. The lowest BCUT2D eigenvalue weighted by atomic mass is 10.1. The van der Waals surface area contributed by atoms with Crippen molar-refractivity contribution in [3.8, 4) is 0 Å². The van der Waals surface area contributed by atoms with Crippen molar-refractivity contribution in [3.05, 3.63) is 83.4 Å². The van der Waals surface area contributed by atoms with Crippen LogP contribution in [0.15, 0.2) is 60.9 Å². The Labute approximate surface area is 163 Å². The Bertz CT molecular complexity index is 911. The van der Waals surface area contributed by atoms with Gasteiger partial charge in [0.1, 0.15) is 6.10 Å². The average Bonchev–Trinajstić information content (AvgIpc) is 3.15. The highest BCUT2D eigenvalue weighted by Gasteiger charge is 2.25. The Hall–Kier alpha value is -3.19. The third-order valence-electron chi connectivity index (χ3n) is 4.66. The molecule has 2 N–H and O–H groups in total. The molecule has 28 heavy (non-hydrogen) atoms. The van der Waals surface area contributed by atoms with E-state index in [0.29, 0.717) is 19.7 Å². The van der Waals surface area contributed by atoms with Gasteiger partial charge in [0.2, 0.25) is 0 Å². The summed E-state index contributed by atoms with van der Waals surface area (Å²) >= 11 is 0. The van der Waals surface area contributed by atoms with Gasteiger partial charge >= 0.3 is 6.03 Å². The first kappa shape index (κ1) is 18.2. The van der Waals surface area contributed by atoms with Crippen molar-refractivity contribution in [2.45, 2.75) is 25.6 Å². The minimum atomic E-state index is -0.245. The molecule has 3 aromatic rings. The molecule has 2 aromatic heterocycles. The van der Waals surface area contributed by atoms with E-state index in [1.54, 1.807) is 6.20 Å². The highest BCUT2D eigenvalue weighted by molar-refractivity contribution is 5.73. The molecular formula is C21H23N5O2. The molecule has 0 saturated heterocycles. The zero-order chi connectivity index (χ0) is 19.2. The van der Waals surface area contributed by atoms with Crippen molar-refractivity contribution >= 4 is 6.03 Å². The lowest BCUT2D eigenvalue weighted by Crippen LogP contribution is -2.38. The molecule has 0 saturated carbocycles. The first-order valence-corrected chi connectivity index (χ1v) is 9.41. The number of hydrogen-bond acceptors (Lipinski definition) is 4. The summed E-state index contributed by atoms with van der Waals surface area (Å²) in [6, 6.07) is 15.6. The van der Waals surface area contributed by atoms with Crippen LogP contribution in [-0.4, -0.2) is 33.9 Å². The predicted molar refractivity (Wildman–Crippen MR) is 105 cm³/mol. The molecule has 0 radical (unpaired) electrons. The molecule has 144 valence electrons. The Morgan fingerprint density at radius 2 is 2.00 bits per heavy atom. The number of fused-ring (bicyclic) bond motifs is 1. The first-order valence-electron chi connectivity index (χ1n) is 9.41. The van der Waals surface area contributed by atoms with Crippen LogP contribution in [0.5, 0.6) is 0 Å². The number of pyridine rings is 1. The quantitative estimate of drug-likeness (QED) is 0.691. The zero-order valence-corrected chi connectivity index (χ0v) is 15.5. The van der Waals surface area contributed by atoms with Crippen molar-refractivity contribution in [1.29, 1.82) is 0 Å². The van der Waals surface area contributed by atoms with Gasteiger partial charge in [-0.25, -0.2) is 4.79 Å². The summed E-state index contributed by atoms with van der Waals surface area (Å²) in [6.07, 6.45) is 4.39. The molecule has 1 atom stereocenters. The van der Waals surface area contributed by atoms with Gasteiger partial charge in [0.05, 0.1) is 37.6 Å². The molecule has 2 amide bonds. The van der Waals surface area contributed by atoms with Crippen molar-refractivity contribution in [2.75, 3.05) is 13.2 Å². The summed E-state index contributed by atoms with van der Waals surface area (Å²) in [7, 11) is 0. The number of aromatic nitrogens is 3. The van der Waals surface area contributed by atoms with E-state index in [1.807, 2.05) is 41.1 Å². The largest absolute Gasteiger partial charge is 0.370 e. The second-order valence-electron chi connectivity index (χ2n) is 6.72. The van der Waals surface area contributed by atoms with E-state index in [-0.39, 0.29) is 12.1 Å². The third-order valence-corrected chi connectivity index (χ3v) is 4.66. The predicted octanol–water partition coefficient (Wildman–Crippen LogP) is 2.44. The van der Waals surface area contributed by atoms with Crippen LogP contribution in [0.25, 0.3) is 0 Å². The summed E-state index contributed by atoms with van der Waals surface area (Å²) in [5.74, 6) is 0. The molecule has 0 aliphatic carbocycles. The summed E-state index contributed by atoms with van der Waals surface area (Å²) in [5, 5.41) is 10.4. The molecule has 4 rings (SSSR count). The molecule has 1 aliphatic rings. The first-order chi connectivity index (χ1) is 13.8. The topological polar surface area (TPSA) is 81.1 Å². The molecule has 7 nitrogen and oxygen atoms in total. The van der Waals surface area contributed by atoms with Crippen LogP contribution in [0.3, 0.4) is 0 Å². The van der Waals surface area contributed by atoms with Gasteiger partial charge in [0, 0.05) is 12.4 Å². The highest BCUT2D eigenvalue weighted by Crippen LogP contribution is 2.25. The van der Waals surface area contributed by atoms with Gasteiger partial charge in [-0.1, -0.05) is 36.4 Å². The Morgan fingerprint density at radius 1 is 1.14 bits per heavy atom. The number of rotatable bonds is 6. The van der Waals surface area contributed by atoms with Crippen LogP contribution in [0, 0.1) is 0 Å². The molecule has 0 spiro atoms. The van der Waals surface area contributed by atoms with E-state index in [0.717, 1.165) is 24.4 Å². The SMILES string of the molecule is O=C(NCc1ccccn1)NC[C@H]1OCCc2cn(Cc3ccccc3)nc21. The van der Waals surface area contributed by atoms with Crippen LogP contribution < -0.4 is 10.6 Å². The van der Waals surface area contributed by atoms with Gasteiger partial charge in [-0.2, -0.15) is 5.10 Å². The third kappa shape index (κ3) is 4.55. The van der Waals surface area contributed by atoms with Gasteiger partial charge < -0.3 is 15.4 Å². The Balaban J connectivity index is 1.33. The number of carbonyl (C=O) groups excluding carboxylic acids is 1. The normalized spacial score (nSPS) is 15.6. The monoisotopic (exact) mass is 377 g/mol. The van der Waals surface area contributed by atoms with Gasteiger partial charge in [0.15, 0.2) is 0 Å². The fraction of sp³-hybridized carbons (Fsp3) is 0.286. The highest BCUT2D eigenvalue weighted by atomic mass is 16.5. The molecule has 1 aromatic carbocycles. The zero-order valence-electron chi connectivity index (χ0n) is 15.5. The standard InChI is InChI=1S/C21H23N5O2/c27-21(23-12-18-8-4-5-10-22-18)24-13-19-20-17(9-11-28-19)15-26(25-20)14-16-6-2-1-3-7-16/h1-8,10,15,19H,9,11-14H2,(H2,23,24,27)/t19-/m1/s1. The number of carbonyl (C=O) groups is 1. The van der Waals surface area contributed by atoms with Gasteiger partial charge in [-0.05, 0) is 29.7 Å². The van der Waals surface area contributed by atoms with Gasteiger partial charge in [0.25, 0.3) is 0 Å². The maximum atomic E-state index is 12.1. The second-order valence-corrected chi connectivity index (χ2v) is 6.72. The van der Waals surface area contributed by atoms with Gasteiger partial charge in [-0.15, -0.1) is 0 Å². The van der Waals surface area contributed by atoms with E-state index >= 15 is 0 Å². The molecule has 0 fully saturated rings. The molecular weight excluding hydrogens is 354 g/mol. The molecule has 3 heterocycles. The van der Waals surface area contributed by atoms with Gasteiger partial charge in [-0.3, -0.25) is 9.67 Å². The minimum Gasteiger partial charge on any atom is -0.370 e. The van der Waals surface area contributed by atoms with Crippen LogP contribution in [0.1, 0.15) is 28.6 Å².